The minimum atomic E-state index is -5.02. The number of nitrogens with two attached hydrogens (primary N) is 1. The molecule has 8 nitrogen and oxygen atoms in total. The lowest BCUT2D eigenvalue weighted by molar-refractivity contribution is 0.209. The van der Waals surface area contributed by atoms with E-state index in [1.165, 1.54) is 17.1 Å². The maximum Gasteiger partial charge on any atom is 0.410 e. The fraction of sp³-hybridized carbons (Fsp3) is 0.0870. The van der Waals surface area contributed by atoms with Crippen molar-refractivity contribution >= 4 is 15.9 Å². The lowest BCUT2D eigenvalue weighted by Gasteiger charge is -2.16. The summed E-state index contributed by atoms with van der Waals surface area (Å²) >= 11 is 0. The summed E-state index contributed by atoms with van der Waals surface area (Å²) in [6, 6.07) is 6.70. The second-order valence-electron chi connectivity index (χ2n) is 7.23. The minimum Gasteiger partial charge on any atom is -0.409 e. The number of halogens is 3. The Bertz CT molecular complexity index is 1540. The normalized spacial score (nSPS) is 11.4. The smallest absolute Gasteiger partial charge is 0.409 e. The molecule has 4 rings (SSSR count). The quantitative estimate of drug-likeness (QED) is 0.419. The number of hydrogen-bond acceptors (Lipinski definition) is 6. The van der Waals surface area contributed by atoms with Gasteiger partial charge in [0.1, 0.15) is 32.9 Å². The molecule has 4 aromatic rings. The number of carbonyl (C=O) groups excluding carboxylic acids is 1. The van der Waals surface area contributed by atoms with E-state index in [0.29, 0.717) is 29.8 Å². The van der Waals surface area contributed by atoms with Gasteiger partial charge in [-0.2, -0.15) is 5.10 Å². The second-order valence-corrected chi connectivity index (χ2v) is 9.09. The Balaban J connectivity index is 2.12. The third-order valence-electron chi connectivity index (χ3n) is 5.05. The Labute approximate surface area is 197 Å². The molecule has 0 saturated heterocycles. The number of hydrogen-bond donors (Lipinski definition) is 1. The molecule has 0 fully saturated rings. The molecule has 0 aliphatic rings. The van der Waals surface area contributed by atoms with Crippen molar-refractivity contribution in [1.29, 1.82) is 0 Å². The van der Waals surface area contributed by atoms with E-state index in [4.69, 9.17) is 10.5 Å². The van der Waals surface area contributed by atoms with E-state index in [1.54, 1.807) is 25.3 Å². The zero-order valence-electron chi connectivity index (χ0n) is 18.1. The number of rotatable bonds is 6. The van der Waals surface area contributed by atoms with E-state index in [-0.39, 0.29) is 5.69 Å². The second kappa shape index (κ2) is 9.22. The van der Waals surface area contributed by atoms with Gasteiger partial charge in [0, 0.05) is 30.7 Å². The molecule has 0 radical (unpaired) electrons. The molecule has 0 bridgehead atoms. The predicted molar refractivity (Wildman–Crippen MR) is 119 cm³/mol. The van der Waals surface area contributed by atoms with Crippen molar-refractivity contribution in [2.75, 3.05) is 0 Å². The molecule has 2 heterocycles. The zero-order chi connectivity index (χ0) is 25.3. The molecule has 12 heteroatoms. The van der Waals surface area contributed by atoms with Gasteiger partial charge in [0.15, 0.2) is 5.75 Å². The fourth-order valence-corrected chi connectivity index (χ4v) is 5.17. The standard InChI is InChI=1S/C23H17F3N4O4S/c1-2-30-12-15(13-7-9-28-10-8-13)21(29-30)20-17(26)5-6-18(34-23(27)31)22(20)35(32,33)19-11-14(24)3-4-16(19)25/h3-12H,2H2,1H3,(H2,27,31). The summed E-state index contributed by atoms with van der Waals surface area (Å²) < 4.78 is 77.5. The van der Waals surface area contributed by atoms with Crippen LogP contribution in [-0.2, 0) is 16.4 Å². The van der Waals surface area contributed by atoms with Gasteiger partial charge in [0.2, 0.25) is 9.84 Å². The number of nitrogens with zero attached hydrogens (tertiary/aromatic N) is 3. The van der Waals surface area contributed by atoms with E-state index in [9.17, 15) is 22.0 Å². The largest absolute Gasteiger partial charge is 0.410 e. The Morgan fingerprint density at radius 3 is 2.40 bits per heavy atom. The van der Waals surface area contributed by atoms with Crippen LogP contribution in [0.25, 0.3) is 22.4 Å². The van der Waals surface area contributed by atoms with Gasteiger partial charge in [0.05, 0.1) is 5.56 Å². The van der Waals surface area contributed by atoms with E-state index >= 15 is 4.39 Å². The topological polar surface area (TPSA) is 117 Å². The first-order valence-corrected chi connectivity index (χ1v) is 11.6. The van der Waals surface area contributed by atoms with Crippen molar-refractivity contribution in [2.24, 2.45) is 5.73 Å². The summed E-state index contributed by atoms with van der Waals surface area (Å²) in [5.74, 6) is -4.08. The van der Waals surface area contributed by atoms with Gasteiger partial charge in [-0.25, -0.2) is 26.4 Å². The van der Waals surface area contributed by atoms with Crippen LogP contribution in [0.3, 0.4) is 0 Å². The molecule has 0 unspecified atom stereocenters. The molecule has 2 N–H and O–H groups in total. The number of benzene rings is 2. The first-order chi connectivity index (χ1) is 16.6. The van der Waals surface area contributed by atoms with Crippen LogP contribution in [0, 0.1) is 17.5 Å². The van der Waals surface area contributed by atoms with Gasteiger partial charge in [-0.05, 0) is 55.0 Å². The van der Waals surface area contributed by atoms with Crippen molar-refractivity contribution < 1.29 is 31.1 Å². The molecule has 2 aromatic heterocycles. The molecule has 1 amide bonds. The average molecular weight is 502 g/mol. The maximum absolute atomic E-state index is 15.4. The summed E-state index contributed by atoms with van der Waals surface area (Å²) in [7, 11) is -5.02. The van der Waals surface area contributed by atoms with Gasteiger partial charge in [-0.15, -0.1) is 0 Å². The average Bonchev–Trinajstić information content (AvgIpc) is 3.26. The Morgan fingerprint density at radius 1 is 1.06 bits per heavy atom. The number of ether oxygens (including phenoxy) is 1. The van der Waals surface area contributed by atoms with Crippen LogP contribution in [0.1, 0.15) is 6.92 Å². The number of aryl methyl sites for hydroxylation is 1. The Hall–Kier alpha value is -4.19. The molecule has 0 aliphatic carbocycles. The van der Waals surface area contributed by atoms with Crippen molar-refractivity contribution in [1.82, 2.24) is 14.8 Å². The number of carbonyl (C=O) groups is 1. The van der Waals surface area contributed by atoms with Crippen molar-refractivity contribution in [2.45, 2.75) is 23.3 Å². The molecule has 0 saturated carbocycles. The van der Waals surface area contributed by atoms with Crippen LogP contribution in [0.4, 0.5) is 18.0 Å². The van der Waals surface area contributed by atoms with Gasteiger partial charge < -0.3 is 10.5 Å². The molecular weight excluding hydrogens is 485 g/mol. The van der Waals surface area contributed by atoms with Crippen LogP contribution in [0.15, 0.2) is 70.8 Å². The Morgan fingerprint density at radius 2 is 1.74 bits per heavy atom. The third kappa shape index (κ3) is 4.47. The lowest BCUT2D eigenvalue weighted by atomic mass is 10.0. The fourth-order valence-electron chi connectivity index (χ4n) is 3.52. The monoisotopic (exact) mass is 502 g/mol. The minimum absolute atomic E-state index is 0.138. The van der Waals surface area contributed by atoms with Crippen molar-refractivity contribution in [3.63, 3.8) is 0 Å². The van der Waals surface area contributed by atoms with E-state index in [0.717, 1.165) is 18.2 Å². The summed E-state index contributed by atoms with van der Waals surface area (Å²) in [4.78, 5) is 13.4. The first-order valence-electron chi connectivity index (χ1n) is 10.1. The van der Waals surface area contributed by atoms with Gasteiger partial charge >= 0.3 is 6.09 Å². The first kappa shape index (κ1) is 24.0. The summed E-state index contributed by atoms with van der Waals surface area (Å²) in [5.41, 5.74) is 5.19. The lowest BCUT2D eigenvalue weighted by Crippen LogP contribution is -2.19. The van der Waals surface area contributed by atoms with E-state index in [1.807, 2.05) is 0 Å². The van der Waals surface area contributed by atoms with Crippen LogP contribution in [0.5, 0.6) is 5.75 Å². The van der Waals surface area contributed by atoms with Gasteiger partial charge in [-0.3, -0.25) is 9.67 Å². The summed E-state index contributed by atoms with van der Waals surface area (Å²) in [6.07, 6.45) is 3.12. The highest BCUT2D eigenvalue weighted by Crippen LogP contribution is 2.43. The Kier molecular flexibility index (Phi) is 6.31. The van der Waals surface area contributed by atoms with Crippen molar-refractivity contribution in [3.8, 4) is 28.1 Å². The van der Waals surface area contributed by atoms with Crippen LogP contribution >= 0.6 is 0 Å². The van der Waals surface area contributed by atoms with Crippen LogP contribution < -0.4 is 10.5 Å². The van der Waals surface area contributed by atoms with Gasteiger partial charge in [-0.1, -0.05) is 0 Å². The molecule has 0 aliphatic heterocycles. The van der Waals surface area contributed by atoms with E-state index < -0.39 is 54.5 Å². The molecule has 180 valence electrons. The van der Waals surface area contributed by atoms with Crippen LogP contribution in [0.2, 0.25) is 0 Å². The summed E-state index contributed by atoms with van der Waals surface area (Å²) in [6.45, 7) is 2.10. The third-order valence-corrected chi connectivity index (χ3v) is 6.88. The zero-order valence-corrected chi connectivity index (χ0v) is 18.9. The van der Waals surface area contributed by atoms with Crippen LogP contribution in [-0.4, -0.2) is 29.3 Å². The number of primary amides is 1. The maximum atomic E-state index is 15.4. The SMILES string of the molecule is CCn1cc(-c2ccncc2)c(-c2c(F)ccc(OC(N)=O)c2S(=O)(=O)c2cc(F)ccc2F)n1. The highest BCUT2D eigenvalue weighted by atomic mass is 32.2. The number of amides is 1. The highest BCUT2D eigenvalue weighted by molar-refractivity contribution is 7.91. The predicted octanol–water partition coefficient (Wildman–Crippen LogP) is 4.34. The number of aromatic nitrogens is 3. The number of pyridine rings is 1. The molecule has 35 heavy (non-hydrogen) atoms. The molecule has 0 atom stereocenters. The van der Waals surface area contributed by atoms with Crippen molar-refractivity contribution in [3.05, 3.63) is 78.5 Å². The highest BCUT2D eigenvalue weighted by Gasteiger charge is 2.34. The number of sulfone groups is 1. The molecule has 0 spiro atoms. The van der Waals surface area contributed by atoms with E-state index in [2.05, 4.69) is 10.1 Å². The summed E-state index contributed by atoms with van der Waals surface area (Å²) in [5, 5.41) is 4.32. The van der Waals surface area contributed by atoms with Gasteiger partial charge in [0.25, 0.3) is 0 Å². The molecular formula is C23H17F3N4O4S. The molecule has 2 aromatic carbocycles.